The summed E-state index contributed by atoms with van der Waals surface area (Å²) in [5.41, 5.74) is 2.87. The first-order valence-corrected chi connectivity index (χ1v) is 8.76. The number of aromatic nitrogens is 5. The lowest BCUT2D eigenvalue weighted by Gasteiger charge is -2.32. The largest absolute Gasteiger partial charge is 0.342 e. The van der Waals surface area contributed by atoms with Gasteiger partial charge in [-0.25, -0.2) is 9.97 Å². The van der Waals surface area contributed by atoms with Crippen LogP contribution in [0.1, 0.15) is 36.7 Å². The number of amides is 1. The van der Waals surface area contributed by atoms with Crippen LogP contribution in [0.5, 0.6) is 0 Å². The Kier molecular flexibility index (Phi) is 4.21. The van der Waals surface area contributed by atoms with E-state index in [0.29, 0.717) is 18.8 Å². The van der Waals surface area contributed by atoms with E-state index in [1.807, 2.05) is 34.7 Å². The van der Waals surface area contributed by atoms with Crippen LogP contribution in [0.2, 0.25) is 0 Å². The van der Waals surface area contributed by atoms with E-state index in [4.69, 9.17) is 0 Å². The zero-order valence-corrected chi connectivity index (χ0v) is 14.4. The maximum Gasteiger partial charge on any atom is 0.223 e. The topological polar surface area (TPSA) is 79.7 Å². The van der Waals surface area contributed by atoms with E-state index in [1.54, 1.807) is 12.4 Å². The van der Waals surface area contributed by atoms with Gasteiger partial charge in [-0.15, -0.1) is 0 Å². The molecule has 7 heteroatoms. The van der Waals surface area contributed by atoms with Crippen LogP contribution in [0, 0.1) is 0 Å². The van der Waals surface area contributed by atoms with Crippen molar-refractivity contribution in [2.45, 2.75) is 31.6 Å². The maximum atomic E-state index is 12.7. The van der Waals surface area contributed by atoms with Crippen LogP contribution < -0.4 is 0 Å². The van der Waals surface area contributed by atoms with Gasteiger partial charge in [0.25, 0.3) is 0 Å². The molecule has 1 aliphatic rings. The minimum Gasteiger partial charge on any atom is -0.342 e. The molecule has 0 aliphatic carbocycles. The normalized spacial score (nSPS) is 18.0. The van der Waals surface area contributed by atoms with Crippen molar-refractivity contribution >= 4 is 17.1 Å². The fraction of sp³-hybridized carbons (Fsp3) is 0.444. The van der Waals surface area contributed by atoms with Crippen LogP contribution in [0.15, 0.2) is 30.6 Å². The number of imidazole rings is 1. The molecule has 0 saturated carbocycles. The van der Waals surface area contributed by atoms with Crippen LogP contribution in [0.4, 0.5) is 0 Å². The number of nitrogens with zero attached hydrogens (tertiary/aromatic N) is 5. The van der Waals surface area contributed by atoms with Crippen molar-refractivity contribution in [2.75, 3.05) is 13.1 Å². The number of aromatic amines is 1. The second-order valence-corrected chi connectivity index (χ2v) is 6.62. The quantitative estimate of drug-likeness (QED) is 0.789. The molecule has 0 bridgehead atoms. The number of carbonyl (C=O) groups excluding carboxylic acids is 1. The Hall–Kier alpha value is -2.70. The fourth-order valence-corrected chi connectivity index (χ4v) is 3.62. The maximum absolute atomic E-state index is 12.7. The molecular formula is C18H22N6O. The molecule has 1 saturated heterocycles. The Morgan fingerprint density at radius 1 is 1.36 bits per heavy atom. The van der Waals surface area contributed by atoms with Gasteiger partial charge in [0.1, 0.15) is 11.3 Å². The van der Waals surface area contributed by atoms with E-state index in [2.05, 4.69) is 20.2 Å². The number of hydrogen-bond acceptors (Lipinski definition) is 4. The zero-order valence-electron chi connectivity index (χ0n) is 14.4. The molecule has 0 radical (unpaired) electrons. The second kappa shape index (κ2) is 6.66. The van der Waals surface area contributed by atoms with Crippen molar-refractivity contribution in [3.63, 3.8) is 0 Å². The molecule has 4 heterocycles. The average molecular weight is 338 g/mol. The number of fused-ring (bicyclic) bond motifs is 1. The Bertz CT molecular complexity index is 869. The van der Waals surface area contributed by atoms with Crippen LogP contribution in [-0.4, -0.2) is 48.6 Å². The van der Waals surface area contributed by atoms with Crippen molar-refractivity contribution < 1.29 is 4.79 Å². The number of rotatable bonds is 4. The molecule has 1 amide bonds. The highest BCUT2D eigenvalue weighted by Crippen LogP contribution is 2.25. The van der Waals surface area contributed by atoms with Crippen molar-refractivity contribution in [3.8, 4) is 0 Å². The summed E-state index contributed by atoms with van der Waals surface area (Å²) < 4.78 is 1.98. The second-order valence-electron chi connectivity index (χ2n) is 6.62. The van der Waals surface area contributed by atoms with Gasteiger partial charge in [0.05, 0.1) is 0 Å². The molecule has 1 fully saturated rings. The van der Waals surface area contributed by atoms with Crippen LogP contribution in [0.25, 0.3) is 11.2 Å². The molecule has 0 spiro atoms. The average Bonchev–Trinajstić information content (AvgIpc) is 3.29. The number of pyridine rings is 1. The first-order valence-electron chi connectivity index (χ1n) is 8.76. The number of hydrogen-bond donors (Lipinski definition) is 1. The molecule has 25 heavy (non-hydrogen) atoms. The van der Waals surface area contributed by atoms with Gasteiger partial charge in [0.2, 0.25) is 5.91 Å². The molecule has 1 aliphatic heterocycles. The monoisotopic (exact) mass is 338 g/mol. The Morgan fingerprint density at radius 3 is 3.08 bits per heavy atom. The minimum absolute atomic E-state index is 0.198. The highest BCUT2D eigenvalue weighted by molar-refractivity contribution is 5.77. The number of carbonyl (C=O) groups is 1. The Balaban J connectivity index is 1.40. The summed E-state index contributed by atoms with van der Waals surface area (Å²) in [6.07, 6.45) is 6.79. The first kappa shape index (κ1) is 15.8. The van der Waals surface area contributed by atoms with E-state index in [0.717, 1.165) is 48.6 Å². The minimum atomic E-state index is 0.198. The lowest BCUT2D eigenvalue weighted by molar-refractivity contribution is -0.132. The third-order valence-electron chi connectivity index (χ3n) is 5.02. The first-order chi connectivity index (χ1) is 12.2. The fourth-order valence-electron chi connectivity index (χ4n) is 3.62. The summed E-state index contributed by atoms with van der Waals surface area (Å²) in [5, 5.41) is 7.07. The summed E-state index contributed by atoms with van der Waals surface area (Å²) in [6, 6.07) is 5.84. The third kappa shape index (κ3) is 3.14. The molecule has 3 aromatic rings. The highest BCUT2D eigenvalue weighted by atomic mass is 16.2. The molecule has 7 nitrogen and oxygen atoms in total. The van der Waals surface area contributed by atoms with E-state index in [1.165, 1.54) is 0 Å². The van der Waals surface area contributed by atoms with E-state index >= 15 is 0 Å². The molecule has 3 aromatic heterocycles. The lowest BCUT2D eigenvalue weighted by atomic mass is 9.94. The highest BCUT2D eigenvalue weighted by Gasteiger charge is 2.25. The Morgan fingerprint density at radius 2 is 2.28 bits per heavy atom. The van der Waals surface area contributed by atoms with Gasteiger partial charge in [-0.05, 0) is 31.0 Å². The van der Waals surface area contributed by atoms with E-state index in [9.17, 15) is 4.79 Å². The molecule has 130 valence electrons. The van der Waals surface area contributed by atoms with Crippen LogP contribution in [-0.2, 0) is 18.3 Å². The molecule has 0 aromatic carbocycles. The number of nitrogens with one attached hydrogen (secondary N) is 1. The van der Waals surface area contributed by atoms with Crippen LogP contribution in [0.3, 0.4) is 0 Å². The molecule has 0 unspecified atom stereocenters. The summed E-state index contributed by atoms with van der Waals surface area (Å²) in [4.78, 5) is 23.6. The third-order valence-corrected chi connectivity index (χ3v) is 5.02. The standard InChI is InChI=1S/C18H22N6O/c1-23-16(21-15-5-2-9-19-18(15)23)6-7-17(25)24-11-3-4-13(12-24)14-8-10-20-22-14/h2,5,8-10,13H,3-4,6-7,11-12H2,1H3,(H,20,22)/t13-/m1/s1. The number of aryl methyl sites for hydroxylation is 2. The van der Waals surface area contributed by atoms with Gasteiger partial charge < -0.3 is 9.47 Å². The van der Waals surface area contributed by atoms with Crippen molar-refractivity contribution in [1.82, 2.24) is 29.6 Å². The van der Waals surface area contributed by atoms with E-state index in [-0.39, 0.29) is 5.91 Å². The number of piperidine rings is 1. The molecule has 1 N–H and O–H groups in total. The lowest BCUT2D eigenvalue weighted by Crippen LogP contribution is -2.39. The predicted octanol–water partition coefficient (Wildman–Crippen LogP) is 2.03. The van der Waals surface area contributed by atoms with Gasteiger partial charge >= 0.3 is 0 Å². The summed E-state index contributed by atoms with van der Waals surface area (Å²) in [6.45, 7) is 1.61. The zero-order chi connectivity index (χ0) is 17.2. The smallest absolute Gasteiger partial charge is 0.223 e. The number of H-pyrrole nitrogens is 1. The Labute approximate surface area is 146 Å². The van der Waals surface area contributed by atoms with Crippen molar-refractivity contribution in [3.05, 3.63) is 42.1 Å². The van der Waals surface area contributed by atoms with E-state index < -0.39 is 0 Å². The summed E-state index contributed by atoms with van der Waals surface area (Å²) >= 11 is 0. The van der Waals surface area contributed by atoms with Gasteiger partial charge in [-0.2, -0.15) is 5.10 Å². The molecular weight excluding hydrogens is 316 g/mol. The van der Waals surface area contributed by atoms with Gasteiger partial charge in [0, 0.05) is 57.0 Å². The van der Waals surface area contributed by atoms with Gasteiger partial charge in [-0.3, -0.25) is 9.89 Å². The van der Waals surface area contributed by atoms with Crippen LogP contribution >= 0.6 is 0 Å². The predicted molar refractivity (Wildman–Crippen MR) is 94.0 cm³/mol. The van der Waals surface area contributed by atoms with Gasteiger partial charge in [-0.1, -0.05) is 0 Å². The molecule has 1 atom stereocenters. The van der Waals surface area contributed by atoms with Crippen molar-refractivity contribution in [2.24, 2.45) is 7.05 Å². The summed E-state index contributed by atoms with van der Waals surface area (Å²) in [5.74, 6) is 1.47. The SMILES string of the molecule is Cn1c(CCC(=O)N2CCC[C@@H](c3ccn[nH]3)C2)nc2cccnc21. The summed E-state index contributed by atoms with van der Waals surface area (Å²) in [7, 11) is 1.96. The van der Waals surface area contributed by atoms with Gasteiger partial charge in [0.15, 0.2) is 5.65 Å². The van der Waals surface area contributed by atoms with Crippen molar-refractivity contribution in [1.29, 1.82) is 0 Å². The number of likely N-dealkylation sites (tertiary alicyclic amines) is 1. The molecule has 4 rings (SSSR count).